The normalized spacial score (nSPS) is 14.1. The van der Waals surface area contributed by atoms with Crippen LogP contribution in [-0.4, -0.2) is 54.9 Å². The fourth-order valence-corrected chi connectivity index (χ4v) is 3.18. The molecular formula is C21H23FN2O3. The number of aryl methyl sites for hydroxylation is 1. The van der Waals surface area contributed by atoms with Gasteiger partial charge >= 0.3 is 0 Å². The zero-order chi connectivity index (χ0) is 19.2. The molecule has 1 saturated heterocycles. The summed E-state index contributed by atoms with van der Waals surface area (Å²) in [5.41, 5.74) is 1.43. The Morgan fingerprint density at radius 1 is 1.00 bits per heavy atom. The minimum Gasteiger partial charge on any atom is -0.497 e. The molecule has 0 spiro atoms. The third-order valence-electron chi connectivity index (χ3n) is 4.77. The van der Waals surface area contributed by atoms with Gasteiger partial charge in [0.1, 0.15) is 11.6 Å². The van der Waals surface area contributed by atoms with Crippen LogP contribution in [0.1, 0.15) is 22.3 Å². The van der Waals surface area contributed by atoms with E-state index < -0.39 is 0 Å². The first-order valence-corrected chi connectivity index (χ1v) is 9.02. The molecule has 1 heterocycles. The summed E-state index contributed by atoms with van der Waals surface area (Å²) in [6.45, 7) is 2.06. The van der Waals surface area contributed by atoms with Crippen molar-refractivity contribution in [1.29, 1.82) is 0 Å². The molecule has 2 aromatic carbocycles. The van der Waals surface area contributed by atoms with E-state index >= 15 is 0 Å². The van der Waals surface area contributed by atoms with Crippen LogP contribution >= 0.6 is 0 Å². The number of carbonyl (C=O) groups excluding carboxylic acids is 2. The molecule has 27 heavy (non-hydrogen) atoms. The highest BCUT2D eigenvalue weighted by molar-refractivity contribution is 5.94. The maximum Gasteiger partial charge on any atom is 0.253 e. The van der Waals surface area contributed by atoms with Gasteiger partial charge < -0.3 is 14.5 Å². The number of amides is 2. The highest BCUT2D eigenvalue weighted by atomic mass is 19.1. The van der Waals surface area contributed by atoms with Crippen molar-refractivity contribution >= 4 is 11.8 Å². The van der Waals surface area contributed by atoms with Gasteiger partial charge in [0.05, 0.1) is 7.11 Å². The first-order valence-electron chi connectivity index (χ1n) is 9.02. The monoisotopic (exact) mass is 370 g/mol. The molecule has 0 atom stereocenters. The molecule has 3 rings (SSSR count). The quantitative estimate of drug-likeness (QED) is 0.813. The average molecular weight is 370 g/mol. The lowest BCUT2D eigenvalue weighted by Gasteiger charge is -2.35. The van der Waals surface area contributed by atoms with E-state index in [0.29, 0.717) is 50.3 Å². The van der Waals surface area contributed by atoms with Crippen molar-refractivity contribution in [1.82, 2.24) is 9.80 Å². The molecule has 5 nitrogen and oxygen atoms in total. The lowest BCUT2D eigenvalue weighted by Crippen LogP contribution is -2.50. The highest BCUT2D eigenvalue weighted by Gasteiger charge is 2.24. The van der Waals surface area contributed by atoms with Gasteiger partial charge in [-0.05, 0) is 48.4 Å². The van der Waals surface area contributed by atoms with E-state index in [-0.39, 0.29) is 17.6 Å². The molecule has 0 bridgehead atoms. The topological polar surface area (TPSA) is 49.9 Å². The van der Waals surface area contributed by atoms with E-state index in [1.54, 1.807) is 47.2 Å². The van der Waals surface area contributed by atoms with Gasteiger partial charge in [-0.1, -0.05) is 12.1 Å². The van der Waals surface area contributed by atoms with E-state index in [1.807, 2.05) is 6.07 Å². The van der Waals surface area contributed by atoms with Crippen LogP contribution in [0.25, 0.3) is 0 Å². The number of hydrogen-bond donors (Lipinski definition) is 0. The molecule has 1 aliphatic rings. The van der Waals surface area contributed by atoms with E-state index in [2.05, 4.69) is 0 Å². The molecular weight excluding hydrogens is 347 g/mol. The Kier molecular flexibility index (Phi) is 6.06. The minimum absolute atomic E-state index is 0.0375. The molecule has 0 aliphatic carbocycles. The number of carbonyl (C=O) groups is 2. The molecule has 142 valence electrons. The second-order valence-corrected chi connectivity index (χ2v) is 6.53. The van der Waals surface area contributed by atoms with E-state index in [4.69, 9.17) is 4.74 Å². The zero-order valence-electron chi connectivity index (χ0n) is 15.4. The predicted molar refractivity (Wildman–Crippen MR) is 100 cm³/mol. The van der Waals surface area contributed by atoms with Crippen LogP contribution in [0.4, 0.5) is 4.39 Å². The maximum atomic E-state index is 13.2. The molecule has 1 fully saturated rings. The number of nitrogens with zero attached hydrogens (tertiary/aromatic N) is 2. The molecule has 0 N–H and O–H groups in total. The molecule has 0 aromatic heterocycles. The van der Waals surface area contributed by atoms with E-state index in [1.165, 1.54) is 12.1 Å². The summed E-state index contributed by atoms with van der Waals surface area (Å²) in [6.07, 6.45) is 0.859. The average Bonchev–Trinajstić information content (AvgIpc) is 2.72. The molecule has 0 unspecified atom stereocenters. The third kappa shape index (κ3) is 4.84. The number of piperazine rings is 1. The van der Waals surface area contributed by atoms with Crippen LogP contribution in [0.5, 0.6) is 5.75 Å². The number of rotatable bonds is 5. The molecule has 6 heteroatoms. The summed E-state index contributed by atoms with van der Waals surface area (Å²) in [5, 5.41) is 0. The first kappa shape index (κ1) is 18.9. The summed E-state index contributed by atoms with van der Waals surface area (Å²) in [4.78, 5) is 28.5. The van der Waals surface area contributed by atoms with E-state index in [9.17, 15) is 14.0 Å². The van der Waals surface area contributed by atoms with Gasteiger partial charge in [0, 0.05) is 38.2 Å². The zero-order valence-corrected chi connectivity index (χ0v) is 15.4. The van der Waals surface area contributed by atoms with E-state index in [0.717, 1.165) is 5.56 Å². The Morgan fingerprint density at radius 2 is 1.67 bits per heavy atom. The molecule has 1 aliphatic heterocycles. The largest absolute Gasteiger partial charge is 0.497 e. The number of benzene rings is 2. The van der Waals surface area contributed by atoms with Gasteiger partial charge in [0.15, 0.2) is 0 Å². The Balaban J connectivity index is 1.48. The summed E-state index contributed by atoms with van der Waals surface area (Å²) in [7, 11) is 1.58. The standard InChI is InChI=1S/C21H23FN2O3/c1-27-19-8-6-17(7-9-19)21(26)24-13-11-23(12-14-24)20(25)10-5-16-3-2-4-18(22)15-16/h2-4,6-9,15H,5,10-14H2,1H3. The van der Waals surface area contributed by atoms with Gasteiger partial charge in [-0.25, -0.2) is 4.39 Å². The van der Waals surface area contributed by atoms with Gasteiger partial charge in [0.25, 0.3) is 5.91 Å². The summed E-state index contributed by atoms with van der Waals surface area (Å²) < 4.78 is 18.3. The molecule has 0 saturated carbocycles. The maximum absolute atomic E-state index is 13.2. The summed E-state index contributed by atoms with van der Waals surface area (Å²) in [5.74, 6) is 0.422. The Labute approximate surface area is 158 Å². The van der Waals surface area contributed by atoms with Crippen LogP contribution < -0.4 is 4.74 Å². The van der Waals surface area contributed by atoms with Crippen LogP contribution in [-0.2, 0) is 11.2 Å². The SMILES string of the molecule is COc1ccc(C(=O)N2CCN(C(=O)CCc3cccc(F)c3)CC2)cc1. The van der Waals surface area contributed by atoms with Gasteiger partial charge in [0.2, 0.25) is 5.91 Å². The van der Waals surface area contributed by atoms with Crippen LogP contribution in [0.3, 0.4) is 0 Å². The Hall–Kier alpha value is -2.89. The molecule has 2 amide bonds. The fourth-order valence-electron chi connectivity index (χ4n) is 3.18. The van der Waals surface area contributed by atoms with Crippen LogP contribution in [0.2, 0.25) is 0 Å². The highest BCUT2D eigenvalue weighted by Crippen LogP contribution is 2.15. The fraction of sp³-hybridized carbons (Fsp3) is 0.333. The Morgan fingerprint density at radius 3 is 2.30 bits per heavy atom. The van der Waals surface area contributed by atoms with Gasteiger partial charge in [-0.2, -0.15) is 0 Å². The van der Waals surface area contributed by atoms with Crippen LogP contribution in [0.15, 0.2) is 48.5 Å². The summed E-state index contributed by atoms with van der Waals surface area (Å²) in [6, 6.07) is 13.3. The van der Waals surface area contributed by atoms with Crippen molar-refractivity contribution in [2.24, 2.45) is 0 Å². The van der Waals surface area contributed by atoms with Crippen molar-refractivity contribution in [2.45, 2.75) is 12.8 Å². The second-order valence-electron chi connectivity index (χ2n) is 6.53. The van der Waals surface area contributed by atoms with Gasteiger partial charge in [-0.3, -0.25) is 9.59 Å². The first-order chi connectivity index (χ1) is 13.1. The van der Waals surface area contributed by atoms with Crippen molar-refractivity contribution < 1.29 is 18.7 Å². The van der Waals surface area contributed by atoms with Gasteiger partial charge in [-0.15, -0.1) is 0 Å². The van der Waals surface area contributed by atoms with Crippen LogP contribution in [0, 0.1) is 5.82 Å². The number of ether oxygens (including phenoxy) is 1. The van der Waals surface area contributed by atoms with Crippen molar-refractivity contribution in [3.8, 4) is 5.75 Å². The Bertz CT molecular complexity index is 799. The number of hydrogen-bond acceptors (Lipinski definition) is 3. The lowest BCUT2D eigenvalue weighted by molar-refractivity contribution is -0.132. The third-order valence-corrected chi connectivity index (χ3v) is 4.77. The number of halogens is 1. The molecule has 2 aromatic rings. The smallest absolute Gasteiger partial charge is 0.253 e. The lowest BCUT2D eigenvalue weighted by atomic mass is 10.1. The van der Waals surface area contributed by atoms with Crippen molar-refractivity contribution in [3.63, 3.8) is 0 Å². The molecule has 0 radical (unpaired) electrons. The number of methoxy groups -OCH3 is 1. The second kappa shape index (κ2) is 8.66. The summed E-state index contributed by atoms with van der Waals surface area (Å²) >= 11 is 0. The predicted octanol–water partition coefficient (Wildman–Crippen LogP) is 2.75. The minimum atomic E-state index is -0.286. The van der Waals surface area contributed by atoms with Crippen molar-refractivity contribution in [3.05, 3.63) is 65.5 Å². The van der Waals surface area contributed by atoms with Crippen molar-refractivity contribution in [2.75, 3.05) is 33.3 Å².